The zero-order valence-electron chi connectivity index (χ0n) is 17.7. The van der Waals surface area contributed by atoms with Crippen LogP contribution in [0, 0.1) is 0 Å². The van der Waals surface area contributed by atoms with Crippen molar-refractivity contribution in [3.05, 3.63) is 60.2 Å². The van der Waals surface area contributed by atoms with Crippen molar-refractivity contribution in [2.24, 2.45) is 0 Å². The molecule has 0 aliphatic rings. The first kappa shape index (κ1) is 22.7. The fourth-order valence-corrected chi connectivity index (χ4v) is 4.25. The van der Waals surface area contributed by atoms with E-state index in [4.69, 9.17) is 4.74 Å². The maximum Gasteiger partial charge on any atom is 0.243 e. The molecule has 7 heteroatoms. The largest absolute Gasteiger partial charge is 0.491 e. The quantitative estimate of drug-likeness (QED) is 0.667. The molecule has 0 spiro atoms. The summed E-state index contributed by atoms with van der Waals surface area (Å²) in [5.41, 5.74) is 1.49. The van der Waals surface area contributed by atoms with Crippen LogP contribution in [0.2, 0.25) is 0 Å². The van der Waals surface area contributed by atoms with Crippen LogP contribution < -0.4 is 14.4 Å². The molecule has 0 radical (unpaired) electrons. The molecule has 2 aromatic carbocycles. The minimum absolute atomic E-state index is 0.0555. The first-order chi connectivity index (χ1) is 13.5. The van der Waals surface area contributed by atoms with Gasteiger partial charge in [0.25, 0.3) is 0 Å². The van der Waals surface area contributed by atoms with Gasteiger partial charge in [-0.3, -0.25) is 9.10 Å². The second kappa shape index (κ2) is 9.31. The third-order valence-electron chi connectivity index (χ3n) is 4.45. The number of nitrogens with zero attached hydrogens (tertiary/aromatic N) is 1. The summed E-state index contributed by atoms with van der Waals surface area (Å²) in [6.07, 6.45) is 1.09. The summed E-state index contributed by atoms with van der Waals surface area (Å²) in [7, 11) is -3.62. The minimum Gasteiger partial charge on any atom is -0.491 e. The Morgan fingerprint density at radius 1 is 1.07 bits per heavy atom. The number of amides is 1. The van der Waals surface area contributed by atoms with E-state index in [1.54, 1.807) is 37.3 Å². The number of sulfonamides is 1. The smallest absolute Gasteiger partial charge is 0.243 e. The second-order valence-corrected chi connectivity index (χ2v) is 9.82. The summed E-state index contributed by atoms with van der Waals surface area (Å²) in [4.78, 5) is 12.6. The van der Waals surface area contributed by atoms with Gasteiger partial charge in [-0.2, -0.15) is 0 Å². The number of hydrogen-bond acceptors (Lipinski definition) is 4. The van der Waals surface area contributed by atoms with E-state index in [1.165, 1.54) is 0 Å². The molecule has 0 bridgehead atoms. The number of para-hydroxylation sites is 2. The number of carbonyl (C=O) groups excluding carboxylic acids is 1. The zero-order chi connectivity index (χ0) is 21.7. The van der Waals surface area contributed by atoms with Gasteiger partial charge in [-0.25, -0.2) is 8.42 Å². The molecule has 1 unspecified atom stereocenters. The Morgan fingerprint density at radius 2 is 1.66 bits per heavy atom. The van der Waals surface area contributed by atoms with E-state index >= 15 is 0 Å². The first-order valence-corrected chi connectivity index (χ1v) is 11.4. The van der Waals surface area contributed by atoms with E-state index in [0.29, 0.717) is 5.69 Å². The summed E-state index contributed by atoms with van der Waals surface area (Å²) < 4.78 is 31.5. The lowest BCUT2D eigenvalue weighted by Gasteiger charge is -2.28. The van der Waals surface area contributed by atoms with Crippen LogP contribution in [-0.4, -0.2) is 39.8 Å². The molecular weight excluding hydrogens is 388 g/mol. The Kier molecular flexibility index (Phi) is 7.30. The Morgan fingerprint density at radius 3 is 2.24 bits per heavy atom. The van der Waals surface area contributed by atoms with Crippen molar-refractivity contribution in [2.75, 3.05) is 23.7 Å². The van der Waals surface area contributed by atoms with Gasteiger partial charge in [-0.1, -0.05) is 57.2 Å². The molecule has 6 nitrogen and oxygen atoms in total. The Hall–Kier alpha value is -2.54. The van der Waals surface area contributed by atoms with Gasteiger partial charge in [-0.15, -0.1) is 0 Å². The minimum atomic E-state index is -3.62. The highest BCUT2D eigenvalue weighted by atomic mass is 32.2. The summed E-state index contributed by atoms with van der Waals surface area (Å²) >= 11 is 0. The van der Waals surface area contributed by atoms with Crippen LogP contribution in [0.25, 0.3) is 0 Å². The van der Waals surface area contributed by atoms with Crippen LogP contribution in [-0.2, 0) is 20.2 Å². The average Bonchev–Trinajstić information content (AvgIpc) is 2.64. The summed E-state index contributed by atoms with van der Waals surface area (Å²) in [5, 5.41) is 2.76. The molecule has 2 aromatic rings. The average molecular weight is 419 g/mol. The molecule has 0 aliphatic heterocycles. The van der Waals surface area contributed by atoms with E-state index in [-0.39, 0.29) is 24.5 Å². The molecular formula is C22H30N2O4S. The van der Waals surface area contributed by atoms with Crippen molar-refractivity contribution in [1.82, 2.24) is 5.32 Å². The molecule has 0 fully saturated rings. The highest BCUT2D eigenvalue weighted by Crippen LogP contribution is 2.30. The lowest BCUT2D eigenvalue weighted by Crippen LogP contribution is -2.48. The van der Waals surface area contributed by atoms with Crippen LogP contribution in [0.5, 0.6) is 5.75 Å². The van der Waals surface area contributed by atoms with Crippen molar-refractivity contribution >= 4 is 21.6 Å². The Labute approximate surface area is 173 Å². The Bertz CT molecular complexity index is 921. The number of ether oxygens (including phenoxy) is 1. The van der Waals surface area contributed by atoms with Crippen molar-refractivity contribution in [1.29, 1.82) is 0 Å². The third-order valence-corrected chi connectivity index (χ3v) is 5.69. The van der Waals surface area contributed by atoms with Crippen molar-refractivity contribution in [3.8, 4) is 5.75 Å². The predicted molar refractivity (Wildman–Crippen MR) is 117 cm³/mol. The topological polar surface area (TPSA) is 75.7 Å². The molecule has 158 valence electrons. The molecule has 0 saturated heterocycles. The summed E-state index contributed by atoms with van der Waals surface area (Å²) in [5.74, 6) is 0.399. The van der Waals surface area contributed by atoms with Crippen molar-refractivity contribution < 1.29 is 17.9 Å². The standard InChI is InChI=1S/C22H30N2O4S/c1-17(24(29(5,26)27)18-11-7-6-8-12-18)21(25)23-15-16-28-20-14-10-9-13-19(20)22(2,3)4/h6-14,17H,15-16H2,1-5H3,(H,23,25). The summed E-state index contributed by atoms with van der Waals surface area (Å²) in [6, 6.07) is 15.5. The highest BCUT2D eigenvalue weighted by Gasteiger charge is 2.28. The van der Waals surface area contributed by atoms with Gasteiger partial charge < -0.3 is 10.1 Å². The number of benzene rings is 2. The molecule has 0 heterocycles. The monoisotopic (exact) mass is 418 g/mol. The highest BCUT2D eigenvalue weighted by molar-refractivity contribution is 7.92. The fraction of sp³-hybridized carbons (Fsp3) is 0.409. The summed E-state index contributed by atoms with van der Waals surface area (Å²) in [6.45, 7) is 8.47. The van der Waals surface area contributed by atoms with Gasteiger partial charge >= 0.3 is 0 Å². The van der Waals surface area contributed by atoms with Gasteiger partial charge in [0.1, 0.15) is 18.4 Å². The lowest BCUT2D eigenvalue weighted by molar-refractivity contribution is -0.121. The first-order valence-electron chi connectivity index (χ1n) is 9.56. The van der Waals surface area contributed by atoms with Gasteiger partial charge in [0.2, 0.25) is 15.9 Å². The van der Waals surface area contributed by atoms with Crippen LogP contribution >= 0.6 is 0 Å². The fourth-order valence-electron chi connectivity index (χ4n) is 3.08. The van der Waals surface area contributed by atoms with E-state index in [2.05, 4.69) is 26.1 Å². The number of hydrogen-bond donors (Lipinski definition) is 1. The zero-order valence-corrected chi connectivity index (χ0v) is 18.5. The molecule has 2 rings (SSSR count). The molecule has 29 heavy (non-hydrogen) atoms. The predicted octanol–water partition coefficient (Wildman–Crippen LogP) is 3.33. The van der Waals surface area contributed by atoms with E-state index < -0.39 is 16.1 Å². The van der Waals surface area contributed by atoms with Gasteiger partial charge in [-0.05, 0) is 36.1 Å². The van der Waals surface area contributed by atoms with Crippen LogP contribution in [0.1, 0.15) is 33.3 Å². The number of carbonyl (C=O) groups is 1. The van der Waals surface area contributed by atoms with Gasteiger partial charge in [0.05, 0.1) is 18.5 Å². The van der Waals surface area contributed by atoms with Crippen molar-refractivity contribution in [3.63, 3.8) is 0 Å². The molecule has 1 N–H and O–H groups in total. The second-order valence-electron chi connectivity index (χ2n) is 7.96. The van der Waals surface area contributed by atoms with Gasteiger partial charge in [0, 0.05) is 0 Å². The van der Waals surface area contributed by atoms with E-state index in [0.717, 1.165) is 21.9 Å². The van der Waals surface area contributed by atoms with Crippen molar-refractivity contribution in [2.45, 2.75) is 39.2 Å². The lowest BCUT2D eigenvalue weighted by atomic mass is 9.86. The van der Waals surface area contributed by atoms with Crippen LogP contribution in [0.4, 0.5) is 5.69 Å². The van der Waals surface area contributed by atoms with Gasteiger partial charge in [0.15, 0.2) is 0 Å². The maximum absolute atomic E-state index is 12.6. The third kappa shape index (κ3) is 6.22. The molecule has 0 aromatic heterocycles. The number of rotatable bonds is 8. The van der Waals surface area contributed by atoms with E-state index in [9.17, 15) is 13.2 Å². The number of anilines is 1. The Balaban J connectivity index is 1.99. The molecule has 1 atom stereocenters. The van der Waals surface area contributed by atoms with Crippen LogP contribution in [0.15, 0.2) is 54.6 Å². The normalized spacial score (nSPS) is 12.9. The van der Waals surface area contributed by atoms with E-state index in [1.807, 2.05) is 24.3 Å². The number of nitrogens with one attached hydrogen (secondary N) is 1. The maximum atomic E-state index is 12.6. The molecule has 1 amide bonds. The molecule has 0 aliphatic carbocycles. The molecule has 0 saturated carbocycles. The van der Waals surface area contributed by atoms with Crippen LogP contribution in [0.3, 0.4) is 0 Å². The SMILES string of the molecule is CC(C(=O)NCCOc1ccccc1C(C)(C)C)N(c1ccccc1)S(C)(=O)=O.